The summed E-state index contributed by atoms with van der Waals surface area (Å²) < 4.78 is 1.03. The predicted molar refractivity (Wildman–Crippen MR) is 71.9 cm³/mol. The Morgan fingerprint density at radius 1 is 1.19 bits per heavy atom. The number of hydrogen-bond acceptors (Lipinski definition) is 2. The number of hydrogen-bond donors (Lipinski definition) is 1. The van der Waals surface area contributed by atoms with E-state index in [1.165, 1.54) is 4.88 Å². The van der Waals surface area contributed by atoms with Crippen molar-refractivity contribution in [2.45, 2.75) is 19.4 Å². The molecule has 0 aliphatic rings. The molecule has 1 N–H and O–H groups in total. The topological polar surface area (TPSA) is 20.2 Å². The van der Waals surface area contributed by atoms with Crippen LogP contribution in [0.25, 0.3) is 0 Å². The maximum Gasteiger partial charge on any atom is 0.113 e. The highest BCUT2D eigenvalue weighted by atomic mass is 79.9. The summed E-state index contributed by atoms with van der Waals surface area (Å²) in [5.74, 6) is 0. The molecule has 2 aromatic rings. The standard InChI is InChI=1S/C13H13BrOS/c1-2-11-7-8-12(16-11)13(15)9-3-5-10(14)6-4-9/h3-8,13,15H,2H2,1H3. The van der Waals surface area contributed by atoms with Crippen LogP contribution in [-0.4, -0.2) is 5.11 Å². The Labute approximate surface area is 108 Å². The lowest BCUT2D eigenvalue weighted by Crippen LogP contribution is -1.96. The van der Waals surface area contributed by atoms with Crippen molar-refractivity contribution in [2.75, 3.05) is 0 Å². The van der Waals surface area contributed by atoms with Crippen LogP contribution in [0.15, 0.2) is 40.9 Å². The molecule has 0 aliphatic carbocycles. The second-order valence-electron chi connectivity index (χ2n) is 3.61. The zero-order chi connectivity index (χ0) is 11.5. The highest BCUT2D eigenvalue weighted by molar-refractivity contribution is 9.10. The predicted octanol–water partition coefficient (Wildman–Crippen LogP) is 4.15. The molecule has 1 nitrogen and oxygen atoms in total. The molecule has 0 spiro atoms. The molecular formula is C13H13BrOS. The van der Waals surface area contributed by atoms with Gasteiger partial charge >= 0.3 is 0 Å². The SMILES string of the molecule is CCc1ccc(C(O)c2ccc(Br)cc2)s1. The minimum atomic E-state index is -0.501. The van der Waals surface area contributed by atoms with E-state index in [4.69, 9.17) is 0 Å². The van der Waals surface area contributed by atoms with E-state index in [-0.39, 0.29) is 0 Å². The zero-order valence-corrected chi connectivity index (χ0v) is 11.4. The minimum absolute atomic E-state index is 0.501. The van der Waals surface area contributed by atoms with Crippen molar-refractivity contribution in [2.24, 2.45) is 0 Å². The molecule has 0 radical (unpaired) electrons. The van der Waals surface area contributed by atoms with Crippen molar-refractivity contribution in [1.82, 2.24) is 0 Å². The molecular weight excluding hydrogens is 284 g/mol. The molecule has 0 saturated carbocycles. The van der Waals surface area contributed by atoms with Crippen LogP contribution >= 0.6 is 27.3 Å². The van der Waals surface area contributed by atoms with Crippen molar-refractivity contribution in [1.29, 1.82) is 0 Å². The van der Waals surface area contributed by atoms with Gasteiger partial charge in [-0.25, -0.2) is 0 Å². The smallest absolute Gasteiger partial charge is 0.113 e. The van der Waals surface area contributed by atoms with Crippen LogP contribution in [-0.2, 0) is 6.42 Å². The number of aliphatic hydroxyl groups is 1. The van der Waals surface area contributed by atoms with E-state index < -0.39 is 6.10 Å². The molecule has 0 fully saturated rings. The first-order chi connectivity index (χ1) is 7.70. The van der Waals surface area contributed by atoms with Gasteiger partial charge in [0.15, 0.2) is 0 Å². The van der Waals surface area contributed by atoms with Crippen molar-refractivity contribution in [3.8, 4) is 0 Å². The number of aliphatic hydroxyl groups excluding tert-OH is 1. The normalized spacial score (nSPS) is 12.7. The summed E-state index contributed by atoms with van der Waals surface area (Å²) in [5, 5.41) is 10.2. The monoisotopic (exact) mass is 296 g/mol. The van der Waals surface area contributed by atoms with E-state index in [0.717, 1.165) is 21.3 Å². The van der Waals surface area contributed by atoms with E-state index in [1.54, 1.807) is 11.3 Å². The van der Waals surface area contributed by atoms with Crippen LogP contribution in [0.3, 0.4) is 0 Å². The van der Waals surface area contributed by atoms with Crippen LogP contribution in [0.1, 0.15) is 28.3 Å². The fraction of sp³-hybridized carbons (Fsp3) is 0.231. The summed E-state index contributed by atoms with van der Waals surface area (Å²) in [7, 11) is 0. The lowest BCUT2D eigenvalue weighted by atomic mass is 10.1. The third kappa shape index (κ3) is 2.54. The van der Waals surface area contributed by atoms with Gasteiger partial charge in [0.05, 0.1) is 0 Å². The Bertz CT molecular complexity index is 461. The van der Waals surface area contributed by atoms with Gasteiger partial charge in [-0.2, -0.15) is 0 Å². The molecule has 0 saturated heterocycles. The molecule has 1 unspecified atom stereocenters. The first-order valence-electron chi connectivity index (χ1n) is 5.23. The lowest BCUT2D eigenvalue weighted by molar-refractivity contribution is 0.224. The summed E-state index contributed by atoms with van der Waals surface area (Å²) in [6.07, 6.45) is 0.524. The second-order valence-corrected chi connectivity index (χ2v) is 5.73. The molecule has 1 aromatic heterocycles. The highest BCUT2D eigenvalue weighted by Gasteiger charge is 2.12. The summed E-state index contributed by atoms with van der Waals surface area (Å²) in [4.78, 5) is 2.32. The Morgan fingerprint density at radius 2 is 1.88 bits per heavy atom. The van der Waals surface area contributed by atoms with Crippen LogP contribution in [0, 0.1) is 0 Å². The fourth-order valence-electron chi connectivity index (χ4n) is 1.54. The molecule has 1 aromatic carbocycles. The fourth-order valence-corrected chi connectivity index (χ4v) is 2.77. The molecule has 1 atom stereocenters. The molecule has 1 heterocycles. The molecule has 0 aliphatic heterocycles. The minimum Gasteiger partial charge on any atom is -0.383 e. The van der Waals surface area contributed by atoms with Gasteiger partial charge < -0.3 is 5.11 Å². The molecule has 84 valence electrons. The number of rotatable bonds is 3. The van der Waals surface area contributed by atoms with Crippen molar-refractivity contribution in [3.05, 3.63) is 56.2 Å². The van der Waals surface area contributed by atoms with Gasteiger partial charge in [-0.05, 0) is 36.2 Å². The summed E-state index contributed by atoms with van der Waals surface area (Å²) >= 11 is 5.07. The summed E-state index contributed by atoms with van der Waals surface area (Å²) in [5.41, 5.74) is 0.938. The van der Waals surface area contributed by atoms with Gasteiger partial charge in [0.2, 0.25) is 0 Å². The van der Waals surface area contributed by atoms with Crippen molar-refractivity contribution in [3.63, 3.8) is 0 Å². The molecule has 2 rings (SSSR count). The molecule has 0 bridgehead atoms. The van der Waals surface area contributed by atoms with Crippen LogP contribution in [0.2, 0.25) is 0 Å². The number of thiophene rings is 1. The van der Waals surface area contributed by atoms with Gasteiger partial charge in [-0.15, -0.1) is 11.3 Å². The van der Waals surface area contributed by atoms with E-state index in [2.05, 4.69) is 28.9 Å². The maximum absolute atomic E-state index is 10.2. The highest BCUT2D eigenvalue weighted by Crippen LogP contribution is 2.29. The summed E-state index contributed by atoms with van der Waals surface area (Å²) in [6, 6.07) is 11.9. The van der Waals surface area contributed by atoms with Crippen LogP contribution in [0.4, 0.5) is 0 Å². The van der Waals surface area contributed by atoms with Gasteiger partial charge in [-0.3, -0.25) is 0 Å². The van der Waals surface area contributed by atoms with Crippen molar-refractivity contribution >= 4 is 27.3 Å². The Morgan fingerprint density at radius 3 is 2.44 bits per heavy atom. The number of aryl methyl sites for hydroxylation is 1. The third-order valence-electron chi connectivity index (χ3n) is 2.49. The average molecular weight is 297 g/mol. The zero-order valence-electron chi connectivity index (χ0n) is 8.98. The quantitative estimate of drug-likeness (QED) is 0.902. The van der Waals surface area contributed by atoms with E-state index >= 15 is 0 Å². The van der Waals surface area contributed by atoms with Gasteiger partial charge in [0, 0.05) is 14.2 Å². The Kier molecular flexibility index (Phi) is 3.79. The second kappa shape index (κ2) is 5.13. The van der Waals surface area contributed by atoms with Gasteiger partial charge in [-0.1, -0.05) is 35.0 Å². The van der Waals surface area contributed by atoms with E-state index in [9.17, 15) is 5.11 Å². The number of halogens is 1. The third-order valence-corrected chi connectivity index (χ3v) is 4.30. The van der Waals surface area contributed by atoms with Crippen LogP contribution < -0.4 is 0 Å². The lowest BCUT2D eigenvalue weighted by Gasteiger charge is -2.08. The van der Waals surface area contributed by atoms with Crippen LogP contribution in [0.5, 0.6) is 0 Å². The largest absolute Gasteiger partial charge is 0.383 e. The Balaban J connectivity index is 2.24. The first-order valence-corrected chi connectivity index (χ1v) is 6.83. The Hall–Kier alpha value is -0.640. The molecule has 0 amide bonds. The maximum atomic E-state index is 10.2. The van der Waals surface area contributed by atoms with Crippen molar-refractivity contribution < 1.29 is 5.11 Å². The summed E-state index contributed by atoms with van der Waals surface area (Å²) in [6.45, 7) is 2.13. The molecule has 16 heavy (non-hydrogen) atoms. The number of benzene rings is 1. The van der Waals surface area contributed by atoms with Gasteiger partial charge in [0.25, 0.3) is 0 Å². The van der Waals surface area contributed by atoms with E-state index in [1.807, 2.05) is 30.3 Å². The van der Waals surface area contributed by atoms with Gasteiger partial charge in [0.1, 0.15) is 6.10 Å². The average Bonchev–Trinajstić information content (AvgIpc) is 2.77. The van der Waals surface area contributed by atoms with E-state index in [0.29, 0.717) is 0 Å². The first kappa shape index (κ1) is 11.8. The molecule has 3 heteroatoms.